The molecule has 0 saturated heterocycles. The molecule has 0 aliphatic heterocycles. The third-order valence-corrected chi connectivity index (χ3v) is 2.97. The number of aryl methyl sites for hydroxylation is 2. The van der Waals surface area contributed by atoms with Crippen molar-refractivity contribution in [3.8, 4) is 0 Å². The van der Waals surface area contributed by atoms with Gasteiger partial charge in [0, 0.05) is 12.1 Å². The monoisotopic (exact) mass is 238 g/mol. The van der Waals surface area contributed by atoms with E-state index < -0.39 is 0 Å². The minimum Gasteiger partial charge on any atom is -0.361 e. The first-order chi connectivity index (χ1) is 7.68. The van der Waals surface area contributed by atoms with Gasteiger partial charge in [0.05, 0.1) is 11.9 Å². The van der Waals surface area contributed by atoms with Crippen LogP contribution in [0.25, 0.3) is 0 Å². The lowest BCUT2D eigenvalue weighted by molar-refractivity contribution is 0.0954. The van der Waals surface area contributed by atoms with Crippen LogP contribution in [0.1, 0.15) is 26.7 Å². The van der Waals surface area contributed by atoms with Gasteiger partial charge in [0.15, 0.2) is 0 Å². The smallest absolute Gasteiger partial charge is 0.265 e. The van der Waals surface area contributed by atoms with E-state index in [2.05, 4.69) is 20.1 Å². The maximum Gasteiger partial charge on any atom is 0.265 e. The summed E-state index contributed by atoms with van der Waals surface area (Å²) in [5.74, 6) is 0.535. The van der Waals surface area contributed by atoms with E-state index in [1.165, 1.54) is 0 Å². The Hall–Kier alpha value is -1.76. The number of carbonyl (C=O) groups is 1. The van der Waals surface area contributed by atoms with Gasteiger partial charge in [-0.05, 0) is 25.4 Å². The van der Waals surface area contributed by atoms with Gasteiger partial charge < -0.3 is 9.84 Å². The fraction of sp³-hybridized carbons (Fsp3) is 0.333. The van der Waals surface area contributed by atoms with Crippen molar-refractivity contribution in [2.24, 2.45) is 0 Å². The summed E-state index contributed by atoms with van der Waals surface area (Å²) in [6.07, 6.45) is 1.59. The Morgan fingerprint density at radius 3 is 2.94 bits per heavy atom. The van der Waals surface area contributed by atoms with E-state index in [0.29, 0.717) is 22.9 Å². The van der Waals surface area contributed by atoms with Gasteiger partial charge in [-0.3, -0.25) is 4.79 Å². The predicted octanol–water partition coefficient (Wildman–Crippen LogP) is 1.07. The molecule has 0 aliphatic carbocycles. The van der Waals surface area contributed by atoms with Crippen LogP contribution in [0.15, 0.2) is 10.7 Å². The molecule has 16 heavy (non-hydrogen) atoms. The Balaban J connectivity index is 1.99. The van der Waals surface area contributed by atoms with Crippen LogP contribution in [-0.2, 0) is 6.54 Å². The number of amides is 1. The highest BCUT2D eigenvalue weighted by molar-refractivity contribution is 7.07. The van der Waals surface area contributed by atoms with Crippen LogP contribution in [0, 0.1) is 13.8 Å². The molecule has 0 radical (unpaired) electrons. The van der Waals surface area contributed by atoms with Gasteiger partial charge in [0.2, 0.25) is 0 Å². The van der Waals surface area contributed by atoms with E-state index in [9.17, 15) is 4.79 Å². The zero-order valence-corrected chi connectivity index (χ0v) is 9.67. The van der Waals surface area contributed by atoms with Gasteiger partial charge in [-0.2, -0.15) is 0 Å². The molecular weight excluding hydrogens is 228 g/mol. The first-order valence-corrected chi connectivity index (χ1v) is 5.43. The second-order valence-electron chi connectivity index (χ2n) is 3.28. The molecule has 2 heterocycles. The minimum atomic E-state index is -0.173. The standard InChI is InChI=1S/C9H10N4O2S/c1-5-8(16-13-12-5)9(14)10-3-7-4-11-15-6(7)2/h4H,3H2,1-2H3,(H,10,14). The van der Waals surface area contributed by atoms with E-state index in [1.807, 2.05) is 0 Å². The predicted molar refractivity (Wildman–Crippen MR) is 57.1 cm³/mol. The lowest BCUT2D eigenvalue weighted by Crippen LogP contribution is -2.22. The molecule has 0 bridgehead atoms. The summed E-state index contributed by atoms with van der Waals surface area (Å²) in [6, 6.07) is 0. The van der Waals surface area contributed by atoms with Gasteiger partial charge in [0.1, 0.15) is 10.6 Å². The Kier molecular flexibility index (Phi) is 2.95. The average Bonchev–Trinajstić information content (AvgIpc) is 2.84. The summed E-state index contributed by atoms with van der Waals surface area (Å²) >= 11 is 1.09. The Bertz CT molecular complexity index is 505. The number of aromatic nitrogens is 3. The molecule has 2 aromatic heterocycles. The molecule has 7 heteroatoms. The molecule has 0 fully saturated rings. The van der Waals surface area contributed by atoms with Crippen molar-refractivity contribution in [2.45, 2.75) is 20.4 Å². The summed E-state index contributed by atoms with van der Waals surface area (Å²) in [4.78, 5) is 12.2. The molecule has 0 unspecified atom stereocenters. The number of nitrogens with one attached hydrogen (secondary N) is 1. The van der Waals surface area contributed by atoms with E-state index >= 15 is 0 Å². The van der Waals surface area contributed by atoms with Crippen molar-refractivity contribution in [3.63, 3.8) is 0 Å². The zero-order chi connectivity index (χ0) is 11.5. The molecule has 0 aliphatic rings. The van der Waals surface area contributed by atoms with Crippen LogP contribution in [0.2, 0.25) is 0 Å². The molecule has 1 amide bonds. The molecule has 0 spiro atoms. The largest absolute Gasteiger partial charge is 0.361 e. The Labute approximate surface area is 95.8 Å². The maximum absolute atomic E-state index is 11.7. The van der Waals surface area contributed by atoms with Crippen molar-refractivity contribution in [1.82, 2.24) is 20.1 Å². The molecule has 2 rings (SSSR count). The summed E-state index contributed by atoms with van der Waals surface area (Å²) < 4.78 is 8.59. The summed E-state index contributed by atoms with van der Waals surface area (Å²) in [6.45, 7) is 3.95. The molecule has 84 valence electrons. The van der Waals surface area contributed by atoms with Crippen molar-refractivity contribution in [1.29, 1.82) is 0 Å². The normalized spacial score (nSPS) is 10.4. The molecule has 6 nitrogen and oxygen atoms in total. The highest BCUT2D eigenvalue weighted by Gasteiger charge is 2.13. The lowest BCUT2D eigenvalue weighted by Gasteiger charge is -2.01. The van der Waals surface area contributed by atoms with Crippen molar-refractivity contribution in [2.75, 3.05) is 0 Å². The highest BCUT2D eigenvalue weighted by Crippen LogP contribution is 2.10. The number of hydrogen-bond donors (Lipinski definition) is 1. The zero-order valence-electron chi connectivity index (χ0n) is 8.85. The first-order valence-electron chi connectivity index (χ1n) is 4.66. The van der Waals surface area contributed by atoms with Gasteiger partial charge in [-0.25, -0.2) is 0 Å². The summed E-state index contributed by atoms with van der Waals surface area (Å²) in [7, 11) is 0. The average molecular weight is 238 g/mol. The highest BCUT2D eigenvalue weighted by atomic mass is 32.1. The SMILES string of the molecule is Cc1nnsc1C(=O)NCc1cnoc1C. The molecule has 0 aromatic carbocycles. The topological polar surface area (TPSA) is 80.9 Å². The van der Waals surface area contributed by atoms with Crippen LogP contribution in [0.5, 0.6) is 0 Å². The molecule has 2 aromatic rings. The second-order valence-corrected chi connectivity index (χ2v) is 4.03. The van der Waals surface area contributed by atoms with Gasteiger partial charge in [-0.1, -0.05) is 9.64 Å². The molecule has 0 saturated carbocycles. The van der Waals surface area contributed by atoms with Crippen molar-refractivity contribution < 1.29 is 9.32 Å². The van der Waals surface area contributed by atoms with Crippen LogP contribution in [-0.4, -0.2) is 20.7 Å². The van der Waals surface area contributed by atoms with E-state index in [0.717, 1.165) is 17.1 Å². The fourth-order valence-corrected chi connectivity index (χ4v) is 1.76. The van der Waals surface area contributed by atoms with Crippen molar-refractivity contribution >= 4 is 17.4 Å². The maximum atomic E-state index is 11.7. The van der Waals surface area contributed by atoms with E-state index in [-0.39, 0.29) is 5.91 Å². The van der Waals surface area contributed by atoms with E-state index in [1.54, 1.807) is 20.0 Å². The fourth-order valence-electron chi connectivity index (χ4n) is 1.18. The number of hydrogen-bond acceptors (Lipinski definition) is 6. The number of carbonyl (C=O) groups excluding carboxylic acids is 1. The molecule has 0 atom stereocenters. The summed E-state index contributed by atoms with van der Waals surface area (Å²) in [5, 5.41) is 10.2. The van der Waals surface area contributed by atoms with Crippen LogP contribution >= 0.6 is 11.5 Å². The number of nitrogens with zero attached hydrogens (tertiary/aromatic N) is 3. The number of rotatable bonds is 3. The first kappa shape index (κ1) is 10.7. The minimum absolute atomic E-state index is 0.173. The van der Waals surface area contributed by atoms with E-state index in [4.69, 9.17) is 4.52 Å². The van der Waals surface area contributed by atoms with Crippen molar-refractivity contribution in [3.05, 3.63) is 28.1 Å². The van der Waals surface area contributed by atoms with Crippen LogP contribution in [0.3, 0.4) is 0 Å². The third kappa shape index (κ3) is 2.08. The third-order valence-electron chi connectivity index (χ3n) is 2.15. The Morgan fingerprint density at radius 2 is 2.38 bits per heavy atom. The van der Waals surface area contributed by atoms with Gasteiger partial charge in [0.25, 0.3) is 5.91 Å². The van der Waals surface area contributed by atoms with Crippen LogP contribution in [0.4, 0.5) is 0 Å². The summed E-state index contributed by atoms with van der Waals surface area (Å²) in [5.41, 5.74) is 1.51. The lowest BCUT2D eigenvalue weighted by atomic mass is 10.2. The molecular formula is C9H10N4O2S. The Morgan fingerprint density at radius 1 is 1.56 bits per heavy atom. The van der Waals surface area contributed by atoms with Gasteiger partial charge >= 0.3 is 0 Å². The van der Waals surface area contributed by atoms with Gasteiger partial charge in [-0.15, -0.1) is 5.10 Å². The van der Waals surface area contributed by atoms with Crippen LogP contribution < -0.4 is 5.32 Å². The molecule has 1 N–H and O–H groups in total. The quantitative estimate of drug-likeness (QED) is 0.865. The second kappa shape index (κ2) is 4.40.